The highest BCUT2D eigenvalue weighted by atomic mass is 32.8. The smallest absolute Gasteiger partial charge is 0.0715 e. The summed E-state index contributed by atoms with van der Waals surface area (Å²) in [5.74, 6) is 1.04. The number of hydrogen-bond acceptors (Lipinski definition) is 2. The molecule has 0 amide bonds. The van der Waals surface area contributed by atoms with E-state index in [9.17, 15) is 0 Å². The Kier molecular flexibility index (Phi) is 1.44. The molecule has 1 unspecified atom stereocenters. The van der Waals surface area contributed by atoms with Crippen molar-refractivity contribution in [2.45, 2.75) is 0 Å². The summed E-state index contributed by atoms with van der Waals surface area (Å²) >= 11 is 4.98. The molecule has 1 heterocycles. The predicted octanol–water partition coefficient (Wildman–Crippen LogP) is 0.441. The standard InChI is InChI=1S/C4H7NS2/c1-5-2-3-7(6)4-5/h2-3H,4H2,1H3. The van der Waals surface area contributed by atoms with Crippen LogP contribution in [-0.2, 0) is 20.6 Å². The summed E-state index contributed by atoms with van der Waals surface area (Å²) in [7, 11) is 2.16. The highest BCUT2D eigenvalue weighted by Crippen LogP contribution is 1.99. The van der Waals surface area contributed by atoms with Gasteiger partial charge in [-0.2, -0.15) is 0 Å². The molecule has 7 heavy (non-hydrogen) atoms. The fraction of sp³-hybridized carbons (Fsp3) is 0.500. The first-order valence-corrected chi connectivity index (χ1v) is 4.43. The topological polar surface area (TPSA) is 3.24 Å². The predicted molar refractivity (Wildman–Crippen MR) is 36.5 cm³/mol. The van der Waals surface area contributed by atoms with Crippen molar-refractivity contribution >= 4 is 20.6 Å². The molecule has 0 N–H and O–H groups in total. The minimum Gasteiger partial charge on any atom is -0.370 e. The average Bonchev–Trinajstić information content (AvgIpc) is 1.87. The van der Waals surface area contributed by atoms with E-state index >= 15 is 0 Å². The van der Waals surface area contributed by atoms with E-state index in [1.807, 2.05) is 13.2 Å². The van der Waals surface area contributed by atoms with Gasteiger partial charge in [-0.05, 0) is 16.6 Å². The van der Waals surface area contributed by atoms with Crippen LogP contribution < -0.4 is 0 Å². The third-order valence-corrected chi connectivity index (χ3v) is 2.53. The van der Waals surface area contributed by atoms with E-state index in [-0.39, 0.29) is 9.45 Å². The van der Waals surface area contributed by atoms with Crippen LogP contribution in [0.1, 0.15) is 0 Å². The summed E-state index contributed by atoms with van der Waals surface area (Å²) in [5.41, 5.74) is 0. The molecule has 1 rings (SSSR count). The summed E-state index contributed by atoms with van der Waals surface area (Å²) in [5, 5.41) is 2.06. The largest absolute Gasteiger partial charge is 0.370 e. The van der Waals surface area contributed by atoms with Gasteiger partial charge in [0.2, 0.25) is 0 Å². The Hall–Kier alpha value is 0.110. The van der Waals surface area contributed by atoms with E-state index in [4.69, 9.17) is 11.2 Å². The van der Waals surface area contributed by atoms with Gasteiger partial charge in [0, 0.05) is 13.2 Å². The first kappa shape index (κ1) is 5.25. The van der Waals surface area contributed by atoms with Crippen molar-refractivity contribution in [3.05, 3.63) is 11.6 Å². The van der Waals surface area contributed by atoms with Gasteiger partial charge in [0.05, 0.1) is 5.88 Å². The molecule has 0 aromatic carbocycles. The highest BCUT2D eigenvalue weighted by Gasteiger charge is 1.99. The molecule has 0 saturated heterocycles. The Morgan fingerprint density at radius 1 is 1.86 bits per heavy atom. The van der Waals surface area contributed by atoms with Crippen molar-refractivity contribution in [3.8, 4) is 0 Å². The second-order valence-corrected chi connectivity index (χ2v) is 4.13. The van der Waals surface area contributed by atoms with Crippen molar-refractivity contribution in [2.75, 3.05) is 12.9 Å². The van der Waals surface area contributed by atoms with Crippen LogP contribution in [-0.4, -0.2) is 17.8 Å². The lowest BCUT2D eigenvalue weighted by molar-refractivity contribution is 0.551. The molecular weight excluding hydrogens is 126 g/mol. The molecule has 1 aliphatic heterocycles. The summed E-state index contributed by atoms with van der Waals surface area (Å²) in [6.07, 6.45) is 2.04. The van der Waals surface area contributed by atoms with E-state index < -0.39 is 0 Å². The fourth-order valence-corrected chi connectivity index (χ4v) is 2.02. The third-order valence-electron chi connectivity index (χ3n) is 0.798. The summed E-state index contributed by atoms with van der Waals surface area (Å²) in [6, 6.07) is 0. The molecule has 0 radical (unpaired) electrons. The minimum absolute atomic E-state index is 0.126. The molecule has 0 aromatic heterocycles. The molecule has 0 aliphatic carbocycles. The van der Waals surface area contributed by atoms with Crippen molar-refractivity contribution in [2.24, 2.45) is 0 Å². The van der Waals surface area contributed by atoms with Gasteiger partial charge in [0.25, 0.3) is 0 Å². The van der Waals surface area contributed by atoms with Crippen molar-refractivity contribution < 1.29 is 0 Å². The first-order chi connectivity index (χ1) is 3.29. The van der Waals surface area contributed by atoms with Gasteiger partial charge in [-0.25, -0.2) is 0 Å². The monoisotopic (exact) mass is 133 g/mol. The molecule has 0 spiro atoms. The molecule has 0 saturated carbocycles. The summed E-state index contributed by atoms with van der Waals surface area (Å²) < 4.78 is 0. The highest BCUT2D eigenvalue weighted by molar-refractivity contribution is 8.30. The van der Waals surface area contributed by atoms with Gasteiger partial charge in [-0.1, -0.05) is 9.45 Å². The Labute approximate surface area is 50.6 Å². The molecule has 0 aromatic rings. The zero-order valence-electron chi connectivity index (χ0n) is 4.13. The van der Waals surface area contributed by atoms with E-state index in [2.05, 4.69) is 10.3 Å². The Bertz CT molecular complexity index is 119. The summed E-state index contributed by atoms with van der Waals surface area (Å²) in [4.78, 5) is 2.11. The van der Waals surface area contributed by atoms with E-state index in [0.717, 1.165) is 5.88 Å². The van der Waals surface area contributed by atoms with Gasteiger partial charge >= 0.3 is 0 Å². The molecule has 1 atom stereocenters. The number of rotatable bonds is 0. The van der Waals surface area contributed by atoms with Gasteiger partial charge in [0.15, 0.2) is 0 Å². The van der Waals surface area contributed by atoms with E-state index in [1.165, 1.54) is 0 Å². The second-order valence-electron chi connectivity index (χ2n) is 1.55. The Morgan fingerprint density at radius 2 is 2.57 bits per heavy atom. The Balaban J connectivity index is 2.58. The van der Waals surface area contributed by atoms with Crippen LogP contribution in [0.25, 0.3) is 0 Å². The lowest BCUT2D eigenvalue weighted by Gasteiger charge is -2.02. The first-order valence-electron chi connectivity index (χ1n) is 2.05. The van der Waals surface area contributed by atoms with Gasteiger partial charge < -0.3 is 4.90 Å². The molecule has 3 heteroatoms. The summed E-state index contributed by atoms with van der Waals surface area (Å²) in [6.45, 7) is 0. The van der Waals surface area contributed by atoms with Crippen LogP contribution in [0.15, 0.2) is 11.6 Å². The van der Waals surface area contributed by atoms with Crippen LogP contribution in [0.2, 0.25) is 0 Å². The van der Waals surface area contributed by atoms with E-state index in [0.29, 0.717) is 0 Å². The molecule has 1 nitrogen and oxygen atoms in total. The van der Waals surface area contributed by atoms with Crippen LogP contribution in [0.4, 0.5) is 0 Å². The lowest BCUT2D eigenvalue weighted by atomic mass is 10.9. The maximum atomic E-state index is 4.98. The average molecular weight is 133 g/mol. The molecule has 0 fully saturated rings. The SMILES string of the molecule is CN1C=CS(=S)C1. The molecule has 1 aliphatic rings. The van der Waals surface area contributed by atoms with Gasteiger partial charge in [-0.3, -0.25) is 0 Å². The molecular formula is C4H7NS2. The van der Waals surface area contributed by atoms with Crippen LogP contribution in [0, 0.1) is 0 Å². The quantitative estimate of drug-likeness (QED) is 0.472. The van der Waals surface area contributed by atoms with Crippen molar-refractivity contribution in [3.63, 3.8) is 0 Å². The lowest BCUT2D eigenvalue weighted by Crippen LogP contribution is -2.07. The maximum absolute atomic E-state index is 4.98. The van der Waals surface area contributed by atoms with Crippen LogP contribution in [0.3, 0.4) is 0 Å². The number of hydrogen-bond donors (Lipinski definition) is 0. The van der Waals surface area contributed by atoms with E-state index in [1.54, 1.807) is 0 Å². The fourth-order valence-electron chi connectivity index (χ4n) is 0.459. The molecule has 0 bridgehead atoms. The zero-order valence-corrected chi connectivity index (χ0v) is 5.76. The van der Waals surface area contributed by atoms with Gasteiger partial charge in [0.1, 0.15) is 0 Å². The Morgan fingerprint density at radius 3 is 2.71 bits per heavy atom. The van der Waals surface area contributed by atoms with Gasteiger partial charge in [-0.15, -0.1) is 0 Å². The third kappa shape index (κ3) is 1.24. The van der Waals surface area contributed by atoms with Crippen molar-refractivity contribution in [1.82, 2.24) is 4.90 Å². The van der Waals surface area contributed by atoms with Crippen molar-refractivity contribution in [1.29, 1.82) is 0 Å². The number of nitrogens with zero attached hydrogens (tertiary/aromatic N) is 1. The van der Waals surface area contributed by atoms with Crippen LogP contribution >= 0.6 is 0 Å². The maximum Gasteiger partial charge on any atom is 0.0715 e. The molecule has 40 valence electrons. The zero-order chi connectivity index (χ0) is 5.28. The second kappa shape index (κ2) is 1.92. The van der Waals surface area contributed by atoms with Crippen LogP contribution in [0.5, 0.6) is 0 Å². The minimum atomic E-state index is 0.126. The normalized spacial score (nSPS) is 29.3.